The van der Waals surface area contributed by atoms with E-state index in [-0.39, 0.29) is 29.1 Å². The van der Waals surface area contributed by atoms with Gasteiger partial charge in [-0.25, -0.2) is 18.2 Å². The van der Waals surface area contributed by atoms with Crippen LogP contribution >= 0.6 is 0 Å². The highest BCUT2D eigenvalue weighted by Gasteiger charge is 2.35. The lowest BCUT2D eigenvalue weighted by molar-refractivity contribution is -0.129. The van der Waals surface area contributed by atoms with Crippen molar-refractivity contribution < 1.29 is 22.4 Å². The van der Waals surface area contributed by atoms with Gasteiger partial charge in [-0.2, -0.15) is 0 Å². The maximum absolute atomic E-state index is 14.4. The van der Waals surface area contributed by atoms with Crippen LogP contribution in [0.25, 0.3) is 22.2 Å². The monoisotopic (exact) mass is 439 g/mol. The molecule has 5 rings (SSSR count). The second-order valence-corrected chi connectivity index (χ2v) is 8.23. The lowest BCUT2D eigenvalue weighted by atomic mass is 9.71. The topological polar surface area (TPSA) is 70.9 Å². The van der Waals surface area contributed by atoms with Crippen LogP contribution in [0.1, 0.15) is 24.1 Å². The zero-order chi connectivity index (χ0) is 22.2. The van der Waals surface area contributed by atoms with Crippen LogP contribution in [0, 0.1) is 29.3 Å². The minimum absolute atomic E-state index is 0.0426. The van der Waals surface area contributed by atoms with Crippen LogP contribution in [0.4, 0.5) is 13.2 Å². The van der Waals surface area contributed by atoms with E-state index < -0.39 is 11.6 Å². The zero-order valence-electron chi connectivity index (χ0n) is 17.0. The molecular weight excluding hydrogens is 419 g/mol. The Hall–Kier alpha value is -3.55. The maximum Gasteiger partial charge on any atom is 0.223 e. The Balaban J connectivity index is 1.35. The molecule has 1 aliphatic carbocycles. The lowest BCUT2D eigenvalue weighted by Gasteiger charge is -2.34. The van der Waals surface area contributed by atoms with E-state index in [9.17, 15) is 18.0 Å². The molecular formula is C24H20F3N3O2. The number of oxazole rings is 1. The lowest BCUT2D eigenvalue weighted by Crippen LogP contribution is -2.39. The molecule has 0 unspecified atom stereocenters. The number of hydrogen-bond acceptors (Lipinski definition) is 3. The normalized spacial score (nSPS) is 18.0. The Labute approximate surface area is 181 Å². The van der Waals surface area contributed by atoms with Gasteiger partial charge in [0.25, 0.3) is 0 Å². The van der Waals surface area contributed by atoms with Gasteiger partial charge in [0.15, 0.2) is 6.39 Å². The van der Waals surface area contributed by atoms with Gasteiger partial charge in [-0.3, -0.25) is 4.79 Å². The molecule has 1 aliphatic rings. The van der Waals surface area contributed by atoms with Crippen LogP contribution in [0.15, 0.2) is 53.5 Å². The first-order valence-corrected chi connectivity index (χ1v) is 10.4. The largest absolute Gasteiger partial charge is 0.451 e. The summed E-state index contributed by atoms with van der Waals surface area (Å²) in [6.45, 7) is 0.312. The van der Waals surface area contributed by atoms with Gasteiger partial charge in [0.05, 0.1) is 17.8 Å². The zero-order valence-corrected chi connectivity index (χ0v) is 17.0. The molecule has 164 valence electrons. The van der Waals surface area contributed by atoms with Crippen molar-refractivity contribution >= 4 is 16.8 Å². The van der Waals surface area contributed by atoms with Crippen molar-refractivity contribution in [2.75, 3.05) is 0 Å². The Morgan fingerprint density at radius 2 is 1.91 bits per heavy atom. The van der Waals surface area contributed by atoms with E-state index in [0.717, 1.165) is 11.6 Å². The van der Waals surface area contributed by atoms with Gasteiger partial charge < -0.3 is 14.7 Å². The van der Waals surface area contributed by atoms with Crippen LogP contribution in [-0.2, 0) is 17.8 Å². The average Bonchev–Trinajstić information content (AvgIpc) is 3.37. The highest BCUT2D eigenvalue weighted by atomic mass is 19.1. The number of nitrogens with one attached hydrogen (secondary N) is 2. The molecule has 0 radical (unpaired) electrons. The van der Waals surface area contributed by atoms with E-state index in [1.165, 1.54) is 30.9 Å². The first kappa shape index (κ1) is 20.4. The van der Waals surface area contributed by atoms with E-state index in [2.05, 4.69) is 15.3 Å². The smallest absolute Gasteiger partial charge is 0.223 e. The molecule has 0 atom stereocenters. The highest BCUT2D eigenvalue weighted by molar-refractivity contribution is 5.91. The van der Waals surface area contributed by atoms with Crippen LogP contribution in [0.2, 0.25) is 0 Å². The van der Waals surface area contributed by atoms with Gasteiger partial charge in [0.2, 0.25) is 5.91 Å². The number of benzene rings is 2. The summed E-state index contributed by atoms with van der Waals surface area (Å²) in [5.41, 5.74) is 2.99. The molecule has 1 amide bonds. The summed E-state index contributed by atoms with van der Waals surface area (Å²) in [5.74, 6) is -1.66. The van der Waals surface area contributed by atoms with Gasteiger partial charge in [-0.15, -0.1) is 0 Å². The van der Waals surface area contributed by atoms with Crippen LogP contribution in [0.3, 0.4) is 0 Å². The van der Waals surface area contributed by atoms with Gasteiger partial charge in [0.1, 0.15) is 23.7 Å². The summed E-state index contributed by atoms with van der Waals surface area (Å²) < 4.78 is 46.7. The van der Waals surface area contributed by atoms with E-state index in [1.54, 1.807) is 12.1 Å². The third-order valence-corrected chi connectivity index (χ3v) is 6.09. The molecule has 2 aromatic carbocycles. The number of carbonyl (C=O) groups excluding carboxylic acids is 1. The fourth-order valence-electron chi connectivity index (χ4n) is 4.40. The second kappa shape index (κ2) is 8.18. The number of nitrogens with zero attached hydrogens (tertiary/aromatic N) is 1. The van der Waals surface area contributed by atoms with Crippen molar-refractivity contribution in [3.63, 3.8) is 0 Å². The molecule has 2 heterocycles. The number of hydrogen-bond donors (Lipinski definition) is 2. The predicted molar refractivity (Wildman–Crippen MR) is 112 cm³/mol. The molecule has 32 heavy (non-hydrogen) atoms. The Bertz CT molecular complexity index is 1260. The number of H-pyrrole nitrogens is 1. The van der Waals surface area contributed by atoms with Gasteiger partial charge in [0, 0.05) is 23.1 Å². The molecule has 1 saturated carbocycles. The molecule has 5 nitrogen and oxygen atoms in total. The fraction of sp³-hybridized carbons (Fsp3) is 0.250. The first-order valence-electron chi connectivity index (χ1n) is 10.4. The van der Waals surface area contributed by atoms with Crippen LogP contribution < -0.4 is 5.32 Å². The molecule has 2 N–H and O–H groups in total. The summed E-state index contributed by atoms with van der Waals surface area (Å²) in [6.07, 6.45) is 4.71. The second-order valence-electron chi connectivity index (χ2n) is 8.23. The summed E-state index contributed by atoms with van der Waals surface area (Å²) in [5, 5.41) is 3.32. The van der Waals surface area contributed by atoms with Crippen molar-refractivity contribution in [2.24, 2.45) is 11.8 Å². The number of amides is 1. The minimum Gasteiger partial charge on any atom is -0.451 e. The van der Waals surface area contributed by atoms with Crippen molar-refractivity contribution in [1.29, 1.82) is 0 Å². The van der Waals surface area contributed by atoms with Gasteiger partial charge in [-0.05, 0) is 66.6 Å². The van der Waals surface area contributed by atoms with Gasteiger partial charge in [-0.1, -0.05) is 0 Å². The molecule has 8 heteroatoms. The molecule has 1 fully saturated rings. The Kier molecular flexibility index (Phi) is 5.20. The summed E-state index contributed by atoms with van der Waals surface area (Å²) in [7, 11) is 0. The number of rotatable bonds is 6. The van der Waals surface area contributed by atoms with Gasteiger partial charge >= 0.3 is 0 Å². The molecule has 0 spiro atoms. The van der Waals surface area contributed by atoms with Crippen molar-refractivity contribution in [1.82, 2.24) is 15.3 Å². The Morgan fingerprint density at radius 3 is 2.62 bits per heavy atom. The summed E-state index contributed by atoms with van der Waals surface area (Å²) >= 11 is 0. The number of aromatic nitrogens is 2. The van der Waals surface area contributed by atoms with Crippen molar-refractivity contribution in [3.05, 3.63) is 77.8 Å². The standard InChI is InChI=1S/C24H20F3N3O2/c25-16-3-1-14(2-4-16)22-19(20-8-17(26)9-21(27)23(20)30-22)7-13-5-15(6-13)24(31)28-10-18-11-32-12-29-18/h1-4,8-9,11-13,15,30H,5-7,10H2,(H,28,31). The molecule has 0 saturated heterocycles. The molecule has 0 bridgehead atoms. The molecule has 0 aliphatic heterocycles. The van der Waals surface area contributed by atoms with Crippen LogP contribution in [-0.4, -0.2) is 15.9 Å². The Morgan fingerprint density at radius 1 is 1.12 bits per heavy atom. The van der Waals surface area contributed by atoms with E-state index >= 15 is 0 Å². The summed E-state index contributed by atoms with van der Waals surface area (Å²) in [4.78, 5) is 19.4. The average molecular weight is 439 g/mol. The number of fused-ring (bicyclic) bond motifs is 1. The van der Waals surface area contributed by atoms with Crippen molar-refractivity contribution in [2.45, 2.75) is 25.8 Å². The SMILES string of the molecule is O=C(NCc1cocn1)C1CC(Cc2c(-c3ccc(F)cc3)[nH]c3c(F)cc(F)cc23)C1. The number of aromatic amines is 1. The van der Waals surface area contributed by atoms with E-state index in [0.29, 0.717) is 48.1 Å². The third-order valence-electron chi connectivity index (χ3n) is 6.09. The number of halogens is 3. The molecule has 4 aromatic rings. The first-order chi connectivity index (χ1) is 15.5. The predicted octanol–water partition coefficient (Wildman–Crippen LogP) is 5.13. The quantitative estimate of drug-likeness (QED) is 0.438. The molecule has 2 aromatic heterocycles. The highest BCUT2D eigenvalue weighted by Crippen LogP contribution is 2.41. The third kappa shape index (κ3) is 3.88. The maximum atomic E-state index is 14.4. The number of carbonyl (C=O) groups is 1. The van der Waals surface area contributed by atoms with E-state index in [4.69, 9.17) is 4.42 Å². The minimum atomic E-state index is -0.673. The summed E-state index contributed by atoms with van der Waals surface area (Å²) in [6, 6.07) is 8.05. The van der Waals surface area contributed by atoms with Crippen molar-refractivity contribution in [3.8, 4) is 11.3 Å². The van der Waals surface area contributed by atoms with E-state index in [1.807, 2.05) is 0 Å². The van der Waals surface area contributed by atoms with Crippen LogP contribution in [0.5, 0.6) is 0 Å². The fourth-order valence-corrected chi connectivity index (χ4v) is 4.40.